The number of imidazole rings is 1. The highest BCUT2D eigenvalue weighted by molar-refractivity contribution is 5.91. The fraction of sp³-hybridized carbons (Fsp3) is 0.316. The van der Waals surface area contributed by atoms with Crippen molar-refractivity contribution < 1.29 is 14.3 Å². The van der Waals surface area contributed by atoms with Gasteiger partial charge >= 0.3 is 6.09 Å². The number of hydrogen-bond acceptors (Lipinski definition) is 4. The number of hydrogen-bond donors (Lipinski definition) is 1. The van der Waals surface area contributed by atoms with Gasteiger partial charge in [-0.3, -0.25) is 9.69 Å². The lowest BCUT2D eigenvalue weighted by Gasteiger charge is -2.21. The Morgan fingerprint density at radius 1 is 1.35 bits per heavy atom. The van der Waals surface area contributed by atoms with Gasteiger partial charge in [0.05, 0.1) is 17.9 Å². The van der Waals surface area contributed by atoms with Crippen LogP contribution in [0.3, 0.4) is 0 Å². The van der Waals surface area contributed by atoms with Gasteiger partial charge in [0.15, 0.2) is 0 Å². The smallest absolute Gasteiger partial charge is 0.414 e. The van der Waals surface area contributed by atoms with E-state index in [0.717, 1.165) is 29.3 Å². The minimum absolute atomic E-state index is 0.124. The number of amides is 2. The molecular weight excluding hydrogens is 332 g/mol. The Balaban J connectivity index is 1.52. The molecule has 7 heteroatoms. The van der Waals surface area contributed by atoms with E-state index in [1.807, 2.05) is 37.4 Å². The number of fused-ring (bicyclic) bond motifs is 1. The monoisotopic (exact) mass is 352 g/mol. The van der Waals surface area contributed by atoms with Crippen molar-refractivity contribution in [3.8, 4) is 0 Å². The SMILES string of the molecule is CC(=O)NCC1COC(=O)N1c1ccc(C2=Cc3cnc(C)n3C2)cc1. The third-order valence-electron chi connectivity index (χ3n) is 4.80. The van der Waals surface area contributed by atoms with Gasteiger partial charge in [0.2, 0.25) is 5.91 Å². The number of carbonyl (C=O) groups is 2. The molecule has 1 aromatic carbocycles. The standard InChI is InChI=1S/C19H20N4O3/c1-12-20-8-17-7-15(10-22(12)17)14-3-5-16(6-4-14)23-18(9-21-13(2)24)11-26-19(23)25/h3-8,18H,9-11H2,1-2H3,(H,21,24). The summed E-state index contributed by atoms with van der Waals surface area (Å²) in [5.74, 6) is 0.880. The summed E-state index contributed by atoms with van der Waals surface area (Å²) in [7, 11) is 0. The number of rotatable bonds is 4. The lowest BCUT2D eigenvalue weighted by molar-refractivity contribution is -0.119. The van der Waals surface area contributed by atoms with Crippen LogP contribution in [0.15, 0.2) is 30.5 Å². The third kappa shape index (κ3) is 2.85. The summed E-state index contributed by atoms with van der Waals surface area (Å²) < 4.78 is 7.33. The van der Waals surface area contributed by atoms with Crippen molar-refractivity contribution in [2.45, 2.75) is 26.4 Å². The molecule has 2 amide bonds. The van der Waals surface area contributed by atoms with Crippen LogP contribution in [0.25, 0.3) is 11.6 Å². The Kier molecular flexibility index (Phi) is 3.99. The molecule has 1 aromatic heterocycles. The fourth-order valence-electron chi connectivity index (χ4n) is 3.40. The van der Waals surface area contributed by atoms with Crippen molar-refractivity contribution in [1.29, 1.82) is 0 Å². The zero-order valence-corrected chi connectivity index (χ0v) is 14.7. The number of ether oxygens (including phenoxy) is 1. The zero-order chi connectivity index (χ0) is 18.3. The molecule has 0 saturated carbocycles. The Labute approximate surface area is 151 Å². The number of aryl methyl sites for hydroxylation is 1. The number of aromatic nitrogens is 2. The molecule has 134 valence electrons. The van der Waals surface area contributed by atoms with Gasteiger partial charge in [-0.1, -0.05) is 12.1 Å². The number of nitrogens with zero attached hydrogens (tertiary/aromatic N) is 3. The van der Waals surface area contributed by atoms with Gasteiger partial charge in [-0.05, 0) is 36.3 Å². The van der Waals surface area contributed by atoms with Crippen LogP contribution in [-0.4, -0.2) is 40.7 Å². The highest BCUT2D eigenvalue weighted by Gasteiger charge is 2.34. The van der Waals surface area contributed by atoms with Crippen LogP contribution in [-0.2, 0) is 16.1 Å². The fourth-order valence-corrected chi connectivity index (χ4v) is 3.40. The van der Waals surface area contributed by atoms with Crippen LogP contribution in [0, 0.1) is 6.92 Å². The molecule has 1 saturated heterocycles. The van der Waals surface area contributed by atoms with E-state index in [9.17, 15) is 9.59 Å². The van der Waals surface area contributed by atoms with Gasteiger partial charge in [0, 0.05) is 25.7 Å². The Bertz CT molecular complexity index is 898. The van der Waals surface area contributed by atoms with Gasteiger partial charge in [-0.15, -0.1) is 0 Å². The maximum absolute atomic E-state index is 12.1. The molecule has 3 heterocycles. The number of allylic oxidation sites excluding steroid dienone is 1. The van der Waals surface area contributed by atoms with Crippen molar-refractivity contribution in [2.75, 3.05) is 18.1 Å². The molecule has 4 rings (SSSR count). The lowest BCUT2D eigenvalue weighted by atomic mass is 10.1. The van der Waals surface area contributed by atoms with Crippen LogP contribution >= 0.6 is 0 Å². The second-order valence-corrected chi connectivity index (χ2v) is 6.57. The van der Waals surface area contributed by atoms with E-state index in [2.05, 4.69) is 20.9 Å². The summed E-state index contributed by atoms with van der Waals surface area (Å²) >= 11 is 0. The molecule has 1 unspecified atom stereocenters. The first kappa shape index (κ1) is 16.4. The summed E-state index contributed by atoms with van der Waals surface area (Å²) in [5.41, 5.74) is 4.21. The maximum Gasteiger partial charge on any atom is 0.414 e. The van der Waals surface area contributed by atoms with Crippen molar-refractivity contribution in [1.82, 2.24) is 14.9 Å². The first-order valence-electron chi connectivity index (χ1n) is 8.56. The molecular formula is C19H20N4O3. The predicted octanol–water partition coefficient (Wildman–Crippen LogP) is 2.21. The number of benzene rings is 1. The molecule has 26 heavy (non-hydrogen) atoms. The van der Waals surface area contributed by atoms with E-state index < -0.39 is 0 Å². The van der Waals surface area contributed by atoms with Crippen molar-refractivity contribution >= 4 is 29.3 Å². The highest BCUT2D eigenvalue weighted by atomic mass is 16.6. The average molecular weight is 352 g/mol. The second kappa shape index (κ2) is 6.33. The molecule has 1 fully saturated rings. The van der Waals surface area contributed by atoms with Crippen LogP contribution in [0.5, 0.6) is 0 Å². The van der Waals surface area contributed by atoms with Crippen LogP contribution in [0.2, 0.25) is 0 Å². The Morgan fingerprint density at radius 3 is 2.81 bits per heavy atom. The normalized spacial score (nSPS) is 18.5. The zero-order valence-electron chi connectivity index (χ0n) is 14.7. The van der Waals surface area contributed by atoms with Gasteiger partial charge in [-0.2, -0.15) is 0 Å². The molecule has 2 aliphatic heterocycles. The summed E-state index contributed by atoms with van der Waals surface area (Å²) in [6.07, 6.45) is 3.63. The topological polar surface area (TPSA) is 76.5 Å². The molecule has 1 atom stereocenters. The van der Waals surface area contributed by atoms with Gasteiger partial charge in [0.1, 0.15) is 12.4 Å². The number of carbonyl (C=O) groups excluding carboxylic acids is 2. The molecule has 0 spiro atoms. The van der Waals surface area contributed by atoms with E-state index >= 15 is 0 Å². The minimum atomic E-state index is -0.384. The molecule has 1 N–H and O–H groups in total. The van der Waals surface area contributed by atoms with Crippen LogP contribution < -0.4 is 10.2 Å². The molecule has 0 bridgehead atoms. The summed E-state index contributed by atoms with van der Waals surface area (Å²) in [5, 5.41) is 2.75. The van der Waals surface area contributed by atoms with E-state index in [1.165, 1.54) is 12.5 Å². The largest absolute Gasteiger partial charge is 0.447 e. The Hall–Kier alpha value is -3.09. The molecule has 2 aromatic rings. The van der Waals surface area contributed by atoms with Crippen molar-refractivity contribution in [2.24, 2.45) is 0 Å². The Morgan fingerprint density at radius 2 is 2.12 bits per heavy atom. The van der Waals surface area contributed by atoms with E-state index in [1.54, 1.807) is 4.90 Å². The van der Waals surface area contributed by atoms with E-state index in [4.69, 9.17) is 4.74 Å². The van der Waals surface area contributed by atoms with E-state index in [-0.39, 0.29) is 24.6 Å². The number of nitrogens with one attached hydrogen (secondary N) is 1. The van der Waals surface area contributed by atoms with Gasteiger partial charge < -0.3 is 14.6 Å². The van der Waals surface area contributed by atoms with E-state index in [0.29, 0.717) is 6.54 Å². The highest BCUT2D eigenvalue weighted by Crippen LogP contribution is 2.30. The van der Waals surface area contributed by atoms with Crippen molar-refractivity contribution in [3.63, 3.8) is 0 Å². The number of anilines is 1. The van der Waals surface area contributed by atoms with Gasteiger partial charge in [-0.25, -0.2) is 9.78 Å². The molecule has 2 aliphatic rings. The van der Waals surface area contributed by atoms with Crippen molar-refractivity contribution in [3.05, 3.63) is 47.5 Å². The first-order valence-corrected chi connectivity index (χ1v) is 8.56. The number of cyclic esters (lactones) is 1. The molecule has 0 aliphatic carbocycles. The average Bonchev–Trinajstić information content (AvgIpc) is 3.30. The molecule has 7 nitrogen and oxygen atoms in total. The van der Waals surface area contributed by atoms with Crippen LogP contribution in [0.1, 0.15) is 24.0 Å². The maximum atomic E-state index is 12.1. The summed E-state index contributed by atoms with van der Waals surface area (Å²) in [4.78, 5) is 29.1. The third-order valence-corrected chi connectivity index (χ3v) is 4.80. The summed E-state index contributed by atoms with van der Waals surface area (Å²) in [6, 6.07) is 7.66. The minimum Gasteiger partial charge on any atom is -0.447 e. The quantitative estimate of drug-likeness (QED) is 0.915. The van der Waals surface area contributed by atoms with Gasteiger partial charge in [0.25, 0.3) is 0 Å². The lowest BCUT2D eigenvalue weighted by Crippen LogP contribution is -2.42. The first-order chi connectivity index (χ1) is 12.5. The second-order valence-electron chi connectivity index (χ2n) is 6.57. The van der Waals surface area contributed by atoms with Crippen LogP contribution in [0.4, 0.5) is 10.5 Å². The summed E-state index contributed by atoms with van der Waals surface area (Å²) in [6.45, 7) is 4.90. The predicted molar refractivity (Wildman–Crippen MR) is 97.6 cm³/mol. The molecule has 0 radical (unpaired) electrons.